The van der Waals surface area contributed by atoms with Gasteiger partial charge < -0.3 is 14.0 Å². The summed E-state index contributed by atoms with van der Waals surface area (Å²) in [5.74, 6) is 0.626. The number of sulfonamides is 1. The van der Waals surface area contributed by atoms with Crippen molar-refractivity contribution in [3.8, 4) is 11.5 Å². The number of ether oxygens (including phenoxy) is 2. The summed E-state index contributed by atoms with van der Waals surface area (Å²) in [6.07, 6.45) is -0.376. The number of halogens is 1. The number of Topliss-reactive ketones (excluding diaryl/α,β-unsaturated/α-hetero) is 1. The summed E-state index contributed by atoms with van der Waals surface area (Å²) < 4.78 is 43.6. The minimum atomic E-state index is -4.09. The van der Waals surface area contributed by atoms with Crippen LogP contribution in [0.4, 0.5) is 5.88 Å². The largest absolute Gasteiger partial charge is 0.451 e. The van der Waals surface area contributed by atoms with Gasteiger partial charge in [0.05, 0.1) is 4.88 Å². The molecule has 29 heavy (non-hydrogen) atoms. The molecule has 11 heteroatoms. The van der Waals surface area contributed by atoms with E-state index in [0.717, 1.165) is 11.3 Å². The molecule has 0 saturated heterocycles. The van der Waals surface area contributed by atoms with Gasteiger partial charge >= 0.3 is 0 Å². The van der Waals surface area contributed by atoms with E-state index in [1.165, 1.54) is 11.4 Å². The molecular weight excluding hydrogens is 440 g/mol. The van der Waals surface area contributed by atoms with Crippen LogP contribution in [0.25, 0.3) is 0 Å². The van der Waals surface area contributed by atoms with Crippen LogP contribution in [0.15, 0.2) is 39.1 Å². The average Bonchev–Trinajstić information content (AvgIpc) is 3.36. The second-order valence-electron chi connectivity index (χ2n) is 6.31. The van der Waals surface area contributed by atoms with Crippen LogP contribution in [0.3, 0.4) is 0 Å². The monoisotopic (exact) mass is 454 g/mol. The fraction of sp³-hybridized carbons (Fsp3) is 0.222. The molecule has 0 amide bonds. The zero-order chi connectivity index (χ0) is 20.8. The Morgan fingerprint density at radius 1 is 1.28 bits per heavy atom. The number of anilines is 1. The van der Waals surface area contributed by atoms with Gasteiger partial charge in [-0.2, -0.15) is 0 Å². The maximum absolute atomic E-state index is 12.8. The molecule has 0 fully saturated rings. The maximum atomic E-state index is 12.8. The number of carbonyl (C=O) groups excluding carboxylic acids is 1. The van der Waals surface area contributed by atoms with Gasteiger partial charge in [-0.05, 0) is 36.1 Å². The summed E-state index contributed by atoms with van der Waals surface area (Å²) in [6.45, 7) is 3.35. The second kappa shape index (κ2) is 7.36. The van der Waals surface area contributed by atoms with Gasteiger partial charge in [0.2, 0.25) is 6.29 Å². The number of benzene rings is 1. The smallest absolute Gasteiger partial charge is 0.265 e. The SMILES string of the molecule is Cc1noc(NS(=O)(=O)c2ccsc2C(=O)Cc2ccc3c(c2)OC(C)O3)c1Cl. The molecule has 3 heterocycles. The lowest BCUT2D eigenvalue weighted by molar-refractivity contribution is 0.0678. The third-order valence-electron chi connectivity index (χ3n) is 4.15. The van der Waals surface area contributed by atoms with Gasteiger partial charge in [0, 0.05) is 13.3 Å². The standard InChI is InChI=1S/C18H15ClN2O6S2/c1-9-16(19)18(27-20-9)21-29(23,24)15-5-6-28-17(15)12(22)7-11-3-4-13-14(8-11)26-10(2)25-13/h3-6,8,10,21H,7H2,1-2H3. The Morgan fingerprint density at radius 3 is 2.76 bits per heavy atom. The predicted octanol–water partition coefficient (Wildman–Crippen LogP) is 4.04. The van der Waals surface area contributed by atoms with Gasteiger partial charge in [0.15, 0.2) is 17.3 Å². The van der Waals surface area contributed by atoms with Crippen molar-refractivity contribution in [3.63, 3.8) is 0 Å². The molecule has 3 aromatic rings. The molecule has 0 spiro atoms. The van der Waals surface area contributed by atoms with Gasteiger partial charge in [-0.1, -0.05) is 22.8 Å². The average molecular weight is 455 g/mol. The van der Waals surface area contributed by atoms with Gasteiger partial charge in [-0.15, -0.1) is 11.3 Å². The van der Waals surface area contributed by atoms with Crippen molar-refractivity contribution in [1.82, 2.24) is 5.16 Å². The molecule has 0 aliphatic carbocycles. The highest BCUT2D eigenvalue weighted by atomic mass is 35.5. The van der Waals surface area contributed by atoms with Crippen molar-refractivity contribution in [3.05, 3.63) is 50.8 Å². The molecule has 1 unspecified atom stereocenters. The number of aromatic nitrogens is 1. The molecular formula is C18H15ClN2O6S2. The van der Waals surface area contributed by atoms with Gasteiger partial charge in [0.1, 0.15) is 15.6 Å². The number of rotatable bonds is 6. The molecule has 0 radical (unpaired) electrons. The van der Waals surface area contributed by atoms with Crippen LogP contribution in [0.1, 0.15) is 27.9 Å². The summed E-state index contributed by atoms with van der Waals surface area (Å²) in [5, 5.41) is 5.21. The quantitative estimate of drug-likeness (QED) is 0.560. The summed E-state index contributed by atoms with van der Waals surface area (Å²) in [4.78, 5) is 12.8. The highest BCUT2D eigenvalue weighted by Gasteiger charge is 2.27. The van der Waals surface area contributed by atoms with Crippen molar-refractivity contribution < 1.29 is 27.2 Å². The third kappa shape index (κ3) is 3.83. The first-order valence-electron chi connectivity index (χ1n) is 8.46. The summed E-state index contributed by atoms with van der Waals surface area (Å²) in [5.41, 5.74) is 1.04. The first kappa shape index (κ1) is 19.7. The number of aryl methyl sites for hydroxylation is 1. The molecule has 0 bridgehead atoms. The molecule has 1 aromatic carbocycles. The fourth-order valence-electron chi connectivity index (χ4n) is 2.81. The Hall–Kier alpha value is -2.56. The van der Waals surface area contributed by atoms with E-state index in [4.69, 9.17) is 25.6 Å². The topological polar surface area (TPSA) is 108 Å². The Kier molecular flexibility index (Phi) is 5.01. The highest BCUT2D eigenvalue weighted by molar-refractivity contribution is 7.93. The zero-order valence-electron chi connectivity index (χ0n) is 15.3. The van der Waals surface area contributed by atoms with E-state index in [0.29, 0.717) is 22.8 Å². The van der Waals surface area contributed by atoms with Crippen molar-refractivity contribution >= 4 is 44.6 Å². The normalized spacial score (nSPS) is 15.5. The van der Waals surface area contributed by atoms with E-state index in [2.05, 4.69) is 9.88 Å². The second-order valence-corrected chi connectivity index (χ2v) is 9.26. The summed E-state index contributed by atoms with van der Waals surface area (Å²) >= 11 is 7.02. The number of nitrogens with one attached hydrogen (secondary N) is 1. The number of carbonyl (C=O) groups is 1. The summed E-state index contributed by atoms with van der Waals surface area (Å²) in [6, 6.07) is 6.55. The first-order valence-corrected chi connectivity index (χ1v) is 11.2. The first-order chi connectivity index (χ1) is 13.7. The number of hydrogen-bond donors (Lipinski definition) is 1. The van der Waals surface area contributed by atoms with Crippen LogP contribution in [0.5, 0.6) is 11.5 Å². The van der Waals surface area contributed by atoms with Crippen molar-refractivity contribution in [2.75, 3.05) is 4.72 Å². The number of nitrogens with zero attached hydrogens (tertiary/aromatic N) is 1. The molecule has 1 aliphatic heterocycles. The fourth-order valence-corrected chi connectivity index (χ4v) is 5.37. The van der Waals surface area contributed by atoms with Crippen LogP contribution in [0, 0.1) is 6.92 Å². The van der Waals surface area contributed by atoms with E-state index in [1.54, 1.807) is 32.0 Å². The number of fused-ring (bicyclic) bond motifs is 1. The molecule has 8 nitrogen and oxygen atoms in total. The van der Waals surface area contributed by atoms with Crippen LogP contribution >= 0.6 is 22.9 Å². The van der Waals surface area contributed by atoms with Crippen LogP contribution in [-0.4, -0.2) is 25.6 Å². The van der Waals surface area contributed by atoms with E-state index >= 15 is 0 Å². The molecule has 1 aliphatic rings. The molecule has 4 rings (SSSR count). The van der Waals surface area contributed by atoms with E-state index in [-0.39, 0.29) is 39.2 Å². The number of hydrogen-bond acceptors (Lipinski definition) is 8. The lowest BCUT2D eigenvalue weighted by atomic mass is 10.1. The minimum absolute atomic E-state index is 0.0101. The zero-order valence-corrected chi connectivity index (χ0v) is 17.7. The van der Waals surface area contributed by atoms with E-state index in [1.807, 2.05) is 0 Å². The predicted molar refractivity (Wildman–Crippen MR) is 107 cm³/mol. The van der Waals surface area contributed by atoms with Gasteiger partial charge in [-0.3, -0.25) is 4.79 Å². The Morgan fingerprint density at radius 2 is 2.03 bits per heavy atom. The summed E-state index contributed by atoms with van der Waals surface area (Å²) in [7, 11) is -4.09. The van der Waals surface area contributed by atoms with Crippen molar-refractivity contribution in [2.45, 2.75) is 31.5 Å². The Balaban J connectivity index is 1.56. The van der Waals surface area contributed by atoms with Gasteiger partial charge in [-0.25, -0.2) is 13.1 Å². The van der Waals surface area contributed by atoms with Crippen LogP contribution in [0.2, 0.25) is 5.02 Å². The molecule has 152 valence electrons. The van der Waals surface area contributed by atoms with E-state index in [9.17, 15) is 13.2 Å². The highest BCUT2D eigenvalue weighted by Crippen LogP contribution is 2.36. The Bertz CT molecular complexity index is 1200. The molecule has 2 aromatic heterocycles. The molecule has 1 atom stereocenters. The number of thiophene rings is 1. The van der Waals surface area contributed by atoms with E-state index < -0.39 is 10.0 Å². The maximum Gasteiger partial charge on any atom is 0.265 e. The Labute approximate surface area is 175 Å². The third-order valence-corrected chi connectivity index (χ3v) is 7.05. The van der Waals surface area contributed by atoms with Crippen molar-refractivity contribution in [1.29, 1.82) is 0 Å². The molecule has 1 N–H and O–H groups in total. The van der Waals surface area contributed by atoms with Crippen LogP contribution < -0.4 is 14.2 Å². The van der Waals surface area contributed by atoms with Crippen molar-refractivity contribution in [2.24, 2.45) is 0 Å². The molecule has 0 saturated carbocycles. The lowest BCUT2D eigenvalue weighted by Crippen LogP contribution is -2.16. The van der Waals surface area contributed by atoms with Gasteiger partial charge in [0.25, 0.3) is 15.9 Å². The lowest BCUT2D eigenvalue weighted by Gasteiger charge is -2.07. The number of ketones is 1. The van der Waals surface area contributed by atoms with Crippen LogP contribution in [-0.2, 0) is 16.4 Å². The minimum Gasteiger partial charge on any atom is -0.451 e.